The van der Waals surface area contributed by atoms with Crippen LogP contribution in [0.5, 0.6) is 5.75 Å². The van der Waals surface area contributed by atoms with Gasteiger partial charge in [0, 0.05) is 12.5 Å². The molecule has 0 aromatic heterocycles. The number of amides is 4. The van der Waals surface area contributed by atoms with Crippen LogP contribution in [0.1, 0.15) is 30.7 Å². The molecule has 6 rings (SSSR count). The van der Waals surface area contributed by atoms with Crippen molar-refractivity contribution in [1.29, 1.82) is 0 Å². The molecule has 2 heterocycles. The number of aliphatic carboxylic acids is 1. The van der Waals surface area contributed by atoms with Gasteiger partial charge in [0.1, 0.15) is 11.4 Å². The van der Waals surface area contributed by atoms with Gasteiger partial charge in [-0.2, -0.15) is 0 Å². The number of aromatic hydroxyl groups is 1. The quantitative estimate of drug-likeness (QED) is 0.122. The first-order valence-corrected chi connectivity index (χ1v) is 14.2. The van der Waals surface area contributed by atoms with E-state index in [0.717, 1.165) is 4.90 Å². The molecule has 0 unspecified atom stereocenters. The number of phenols is 1. The second-order valence-corrected chi connectivity index (χ2v) is 12.5. The molecule has 2 aliphatic carbocycles. The van der Waals surface area contributed by atoms with Crippen LogP contribution in [-0.4, -0.2) is 61.0 Å². The molecule has 0 spiro atoms. The SMILES string of the molecule is O=C(O)CCN1C(=O)[C@H]2[C@H](CC=C3[C@H]2C[C@@]2(Cl)C(=O)N(c4c(F)c(F)c(F)c(F)c4F)C(=O)[C@@]2(Cl)[C@H]3c2ccc(O)cc2)C1=O. The molecule has 1 saturated carbocycles. The number of benzene rings is 2. The van der Waals surface area contributed by atoms with Gasteiger partial charge in [-0.3, -0.25) is 28.9 Å². The minimum Gasteiger partial charge on any atom is -0.508 e. The number of anilines is 1. The topological polar surface area (TPSA) is 132 Å². The molecule has 3 fully saturated rings. The van der Waals surface area contributed by atoms with Crippen LogP contribution in [0.2, 0.25) is 0 Å². The zero-order valence-electron chi connectivity index (χ0n) is 22.5. The monoisotopic (exact) mass is 672 g/mol. The Morgan fingerprint density at radius 3 is 2.02 bits per heavy atom. The highest BCUT2D eigenvalue weighted by Gasteiger charge is 2.77. The zero-order valence-corrected chi connectivity index (χ0v) is 24.0. The van der Waals surface area contributed by atoms with E-state index < -0.39 is 117 Å². The third-order valence-corrected chi connectivity index (χ3v) is 10.5. The molecule has 236 valence electrons. The van der Waals surface area contributed by atoms with Crippen molar-refractivity contribution in [2.45, 2.75) is 34.9 Å². The van der Waals surface area contributed by atoms with Crippen molar-refractivity contribution in [2.75, 3.05) is 11.4 Å². The van der Waals surface area contributed by atoms with Crippen molar-refractivity contribution in [1.82, 2.24) is 4.90 Å². The lowest BCUT2D eigenvalue weighted by atomic mass is 9.56. The van der Waals surface area contributed by atoms with Gasteiger partial charge in [0.2, 0.25) is 17.6 Å². The number of carboxylic acid groups (broad SMARTS) is 1. The number of phenolic OH excluding ortho intramolecular Hbond substituents is 1. The number of nitrogens with zero attached hydrogens (tertiary/aromatic N) is 2. The number of imide groups is 2. The lowest BCUT2D eigenvalue weighted by Crippen LogP contribution is -2.60. The number of alkyl halides is 2. The maximum atomic E-state index is 15.0. The number of hydrogen-bond acceptors (Lipinski definition) is 6. The Morgan fingerprint density at radius 2 is 1.44 bits per heavy atom. The first-order chi connectivity index (χ1) is 21.1. The highest BCUT2D eigenvalue weighted by molar-refractivity contribution is 6.58. The van der Waals surface area contributed by atoms with Crippen LogP contribution in [0.4, 0.5) is 27.6 Å². The Kier molecular flexibility index (Phi) is 7.05. The van der Waals surface area contributed by atoms with Crippen LogP contribution in [0.3, 0.4) is 0 Å². The molecule has 2 aromatic carbocycles. The van der Waals surface area contributed by atoms with Crippen LogP contribution in [0.25, 0.3) is 0 Å². The highest BCUT2D eigenvalue weighted by Crippen LogP contribution is 2.66. The van der Waals surface area contributed by atoms with Crippen molar-refractivity contribution in [3.8, 4) is 5.75 Å². The Labute approximate surface area is 259 Å². The number of carboxylic acids is 1. The fourth-order valence-corrected chi connectivity index (χ4v) is 8.04. The summed E-state index contributed by atoms with van der Waals surface area (Å²) < 4.78 is 72.4. The second-order valence-electron chi connectivity index (χ2n) is 11.3. The van der Waals surface area contributed by atoms with Gasteiger partial charge in [-0.25, -0.2) is 26.9 Å². The molecule has 2 aromatic rings. The van der Waals surface area contributed by atoms with Gasteiger partial charge in [0.05, 0.1) is 18.3 Å². The maximum Gasteiger partial charge on any atom is 0.305 e. The minimum absolute atomic E-state index is 0.0784. The van der Waals surface area contributed by atoms with E-state index in [1.54, 1.807) is 0 Å². The van der Waals surface area contributed by atoms with Gasteiger partial charge in [0.15, 0.2) is 33.0 Å². The summed E-state index contributed by atoms with van der Waals surface area (Å²) in [6.45, 7) is -0.444. The summed E-state index contributed by atoms with van der Waals surface area (Å²) in [6.07, 6.45) is 0.202. The van der Waals surface area contributed by atoms with Gasteiger partial charge >= 0.3 is 5.97 Å². The standard InChI is InChI=1S/C29H19Cl2F5N2O7/c30-28-9-14-12(5-6-13-16(14)25(43)37(24(13)42)8-7-15(40)41)17(10-1-3-11(39)4-2-10)29(28,31)27(45)38(26(28)44)23-21(35)19(33)18(32)20(34)22(23)36/h1-5,13-14,16-17,39H,6-9H2,(H,40,41)/t13-,14+,16-,17-,28+,29-/m0/s1. The summed E-state index contributed by atoms with van der Waals surface area (Å²) in [7, 11) is 0. The number of allylic oxidation sites excluding steroid dienone is 2. The molecule has 4 aliphatic rings. The number of hydrogen-bond donors (Lipinski definition) is 2. The second kappa shape index (κ2) is 10.2. The lowest BCUT2D eigenvalue weighted by molar-refractivity contribution is -0.142. The molecule has 6 atom stereocenters. The van der Waals surface area contributed by atoms with Crippen LogP contribution in [-0.2, 0) is 24.0 Å². The van der Waals surface area contributed by atoms with E-state index in [4.69, 9.17) is 28.3 Å². The largest absolute Gasteiger partial charge is 0.508 e. The molecule has 16 heteroatoms. The average Bonchev–Trinajstić information content (AvgIpc) is 3.32. The molecular weight excluding hydrogens is 654 g/mol. The Bertz CT molecular complexity index is 1740. The molecule has 0 radical (unpaired) electrons. The third kappa shape index (κ3) is 4.00. The number of carbonyl (C=O) groups is 5. The first-order valence-electron chi connectivity index (χ1n) is 13.4. The van der Waals surface area contributed by atoms with Crippen molar-refractivity contribution in [2.24, 2.45) is 17.8 Å². The number of halogens is 7. The summed E-state index contributed by atoms with van der Waals surface area (Å²) in [6, 6.07) is 5.00. The molecule has 45 heavy (non-hydrogen) atoms. The summed E-state index contributed by atoms with van der Waals surface area (Å²) >= 11 is 13.9. The normalized spacial score (nSPS) is 30.8. The van der Waals surface area contributed by atoms with Gasteiger partial charge in [-0.05, 0) is 36.5 Å². The predicted molar refractivity (Wildman–Crippen MR) is 144 cm³/mol. The summed E-state index contributed by atoms with van der Waals surface area (Å²) in [4.78, 5) is 61.2. The average molecular weight is 673 g/mol. The van der Waals surface area contributed by atoms with Crippen molar-refractivity contribution in [3.63, 3.8) is 0 Å². The minimum atomic E-state index is -2.67. The first kappa shape index (κ1) is 31.0. The summed E-state index contributed by atoms with van der Waals surface area (Å²) in [5.74, 6) is -23.4. The molecule has 2 aliphatic heterocycles. The van der Waals surface area contributed by atoms with Gasteiger partial charge in [0.25, 0.3) is 11.8 Å². The molecule has 9 nitrogen and oxygen atoms in total. The van der Waals surface area contributed by atoms with Crippen LogP contribution in [0.15, 0.2) is 35.9 Å². The van der Waals surface area contributed by atoms with Crippen molar-refractivity contribution >= 4 is 58.5 Å². The molecule has 0 bridgehead atoms. The van der Waals surface area contributed by atoms with Crippen LogP contribution < -0.4 is 4.90 Å². The fourth-order valence-electron chi connectivity index (χ4n) is 7.10. The Hall–Kier alpha value is -4.04. The van der Waals surface area contributed by atoms with E-state index in [9.17, 15) is 42.3 Å². The number of rotatable bonds is 5. The van der Waals surface area contributed by atoms with Crippen LogP contribution in [0, 0.1) is 46.8 Å². The predicted octanol–water partition coefficient (Wildman–Crippen LogP) is 4.13. The van der Waals surface area contributed by atoms with E-state index in [1.165, 1.54) is 30.3 Å². The smallest absolute Gasteiger partial charge is 0.305 e. The van der Waals surface area contributed by atoms with Gasteiger partial charge in [-0.1, -0.05) is 23.8 Å². The van der Waals surface area contributed by atoms with Gasteiger partial charge in [-0.15, -0.1) is 23.2 Å². The van der Waals surface area contributed by atoms with Crippen molar-refractivity contribution < 1.29 is 56.1 Å². The van der Waals surface area contributed by atoms with E-state index in [-0.39, 0.29) is 28.2 Å². The molecule has 2 saturated heterocycles. The summed E-state index contributed by atoms with van der Waals surface area (Å²) in [5.41, 5.74) is -1.53. The fraction of sp³-hybridized carbons (Fsp3) is 0.345. The zero-order chi connectivity index (χ0) is 32.9. The van der Waals surface area contributed by atoms with E-state index >= 15 is 8.78 Å². The molecular formula is C29H19Cl2F5N2O7. The van der Waals surface area contributed by atoms with Gasteiger partial charge < -0.3 is 10.2 Å². The molecule has 4 amide bonds. The highest BCUT2D eigenvalue weighted by atomic mass is 35.5. The Morgan fingerprint density at radius 1 is 0.867 bits per heavy atom. The maximum absolute atomic E-state index is 15.0. The third-order valence-electron chi connectivity index (χ3n) is 9.09. The van der Waals surface area contributed by atoms with E-state index in [2.05, 4.69) is 0 Å². The Balaban J connectivity index is 1.55. The lowest BCUT2D eigenvalue weighted by Gasteiger charge is -2.50. The van der Waals surface area contributed by atoms with E-state index in [1.807, 2.05) is 0 Å². The van der Waals surface area contributed by atoms with Crippen LogP contribution >= 0.6 is 23.2 Å². The summed E-state index contributed by atoms with van der Waals surface area (Å²) in [5, 5.41) is 19.0. The number of likely N-dealkylation sites (tertiary alicyclic amines) is 1. The van der Waals surface area contributed by atoms with Crippen molar-refractivity contribution in [3.05, 3.63) is 70.6 Å². The van der Waals surface area contributed by atoms with E-state index in [0.29, 0.717) is 0 Å². The number of fused-ring (bicyclic) bond motifs is 4. The molecule has 2 N–H and O–H groups in total. The number of carbonyl (C=O) groups excluding carboxylic acids is 4.